The molecule has 2 fully saturated rings. The van der Waals surface area contributed by atoms with Gasteiger partial charge in [0.15, 0.2) is 0 Å². The van der Waals surface area contributed by atoms with Crippen LogP contribution >= 0.6 is 0 Å². The molecular weight excluding hydrogens is 316 g/mol. The molecule has 1 N–H and O–H groups in total. The number of nitrogens with zero attached hydrogens (tertiary/aromatic N) is 3. The summed E-state index contributed by atoms with van der Waals surface area (Å²) in [5, 5.41) is 2.89. The summed E-state index contributed by atoms with van der Waals surface area (Å²) >= 11 is 0. The molecule has 6 nitrogen and oxygen atoms in total. The lowest BCUT2D eigenvalue weighted by Gasteiger charge is -2.38. The molecule has 3 amide bonds. The van der Waals surface area contributed by atoms with Gasteiger partial charge in [0.1, 0.15) is 0 Å². The fourth-order valence-corrected chi connectivity index (χ4v) is 3.54. The number of amides is 3. The highest BCUT2D eigenvalue weighted by atomic mass is 16.2. The van der Waals surface area contributed by atoms with Gasteiger partial charge >= 0.3 is 6.03 Å². The van der Waals surface area contributed by atoms with Gasteiger partial charge < -0.3 is 10.2 Å². The molecule has 2 aliphatic rings. The van der Waals surface area contributed by atoms with Crippen molar-refractivity contribution in [3.05, 3.63) is 30.3 Å². The van der Waals surface area contributed by atoms with E-state index >= 15 is 0 Å². The molecular formula is C19H28N4O2. The monoisotopic (exact) mass is 344 g/mol. The summed E-state index contributed by atoms with van der Waals surface area (Å²) in [4.78, 5) is 30.4. The van der Waals surface area contributed by atoms with Gasteiger partial charge in [0.25, 0.3) is 0 Å². The molecule has 2 heterocycles. The minimum absolute atomic E-state index is 0.0670. The molecule has 2 saturated heterocycles. The highest BCUT2D eigenvalue weighted by molar-refractivity contribution is 5.97. The van der Waals surface area contributed by atoms with E-state index in [0.29, 0.717) is 13.0 Å². The molecule has 0 bridgehead atoms. The largest absolute Gasteiger partial charge is 0.369 e. The zero-order valence-electron chi connectivity index (χ0n) is 15.2. The van der Waals surface area contributed by atoms with Crippen LogP contribution in [0.25, 0.3) is 0 Å². The van der Waals surface area contributed by atoms with Crippen molar-refractivity contribution in [3.8, 4) is 0 Å². The molecule has 0 aromatic heterocycles. The van der Waals surface area contributed by atoms with Gasteiger partial charge in [-0.15, -0.1) is 0 Å². The van der Waals surface area contributed by atoms with E-state index < -0.39 is 5.54 Å². The van der Waals surface area contributed by atoms with Crippen molar-refractivity contribution in [3.63, 3.8) is 0 Å². The summed E-state index contributed by atoms with van der Waals surface area (Å²) in [6.45, 7) is 9.24. The predicted molar refractivity (Wildman–Crippen MR) is 98.7 cm³/mol. The Morgan fingerprint density at radius 3 is 2.32 bits per heavy atom. The molecule has 0 spiro atoms. The smallest absolute Gasteiger partial charge is 0.324 e. The van der Waals surface area contributed by atoms with Gasteiger partial charge in [-0.05, 0) is 38.9 Å². The van der Waals surface area contributed by atoms with Crippen molar-refractivity contribution in [2.24, 2.45) is 0 Å². The van der Waals surface area contributed by atoms with Crippen LogP contribution in [0.15, 0.2) is 30.3 Å². The number of imide groups is 1. The molecule has 3 rings (SSSR count). The van der Waals surface area contributed by atoms with E-state index in [4.69, 9.17) is 0 Å². The lowest BCUT2D eigenvalue weighted by molar-refractivity contribution is -0.131. The molecule has 1 aromatic carbocycles. The van der Waals surface area contributed by atoms with Gasteiger partial charge in [-0.1, -0.05) is 18.2 Å². The van der Waals surface area contributed by atoms with Crippen molar-refractivity contribution >= 4 is 17.6 Å². The van der Waals surface area contributed by atoms with Crippen LogP contribution in [0.5, 0.6) is 0 Å². The highest BCUT2D eigenvalue weighted by Crippen LogP contribution is 2.18. The maximum Gasteiger partial charge on any atom is 0.324 e. The minimum Gasteiger partial charge on any atom is -0.369 e. The van der Waals surface area contributed by atoms with Crippen molar-refractivity contribution < 1.29 is 9.59 Å². The lowest BCUT2D eigenvalue weighted by atomic mass is 9.98. The Labute approximate surface area is 149 Å². The Kier molecular flexibility index (Phi) is 5.27. The van der Waals surface area contributed by atoms with Crippen LogP contribution in [0.1, 0.15) is 26.7 Å². The summed E-state index contributed by atoms with van der Waals surface area (Å²) in [5.41, 5.74) is 0.846. The van der Waals surface area contributed by atoms with Crippen LogP contribution < -0.4 is 10.2 Å². The van der Waals surface area contributed by atoms with Gasteiger partial charge in [-0.2, -0.15) is 0 Å². The van der Waals surface area contributed by atoms with E-state index in [2.05, 4.69) is 39.4 Å². The number of rotatable bonds is 5. The number of urea groups is 1. The van der Waals surface area contributed by atoms with E-state index in [1.54, 1.807) is 0 Å². The fraction of sp³-hybridized carbons (Fsp3) is 0.579. The normalized spacial score (nSPS) is 21.4. The summed E-state index contributed by atoms with van der Waals surface area (Å²) in [5.74, 6) is -0.0670. The second-order valence-corrected chi connectivity index (χ2v) is 7.55. The Bertz CT molecular complexity index is 589. The second kappa shape index (κ2) is 7.44. The third-order valence-electron chi connectivity index (χ3n) is 4.93. The SMILES string of the molecule is CC1(C)CC(=O)N(CCCN2CCN(c3ccccc3)CC2)C(=O)N1. The van der Waals surface area contributed by atoms with Gasteiger partial charge in [0, 0.05) is 50.4 Å². The summed E-state index contributed by atoms with van der Waals surface area (Å²) in [6, 6.07) is 10.2. The second-order valence-electron chi connectivity index (χ2n) is 7.55. The van der Waals surface area contributed by atoms with Crippen LogP contribution in [-0.4, -0.2) is 66.5 Å². The fourth-order valence-electron chi connectivity index (χ4n) is 3.54. The first-order valence-electron chi connectivity index (χ1n) is 9.09. The lowest BCUT2D eigenvalue weighted by Crippen LogP contribution is -2.59. The van der Waals surface area contributed by atoms with Gasteiger partial charge in [-0.25, -0.2) is 4.79 Å². The number of carbonyl (C=O) groups excluding carboxylic acids is 2. The first kappa shape index (κ1) is 17.7. The Morgan fingerprint density at radius 2 is 1.68 bits per heavy atom. The van der Waals surface area contributed by atoms with Crippen molar-refractivity contribution in [2.45, 2.75) is 32.2 Å². The minimum atomic E-state index is -0.432. The van der Waals surface area contributed by atoms with E-state index in [1.165, 1.54) is 10.6 Å². The zero-order chi connectivity index (χ0) is 17.9. The van der Waals surface area contributed by atoms with Crippen LogP contribution in [0, 0.1) is 0 Å². The Morgan fingerprint density at radius 1 is 1.00 bits per heavy atom. The number of hydrogen-bond donors (Lipinski definition) is 1. The average molecular weight is 344 g/mol. The topological polar surface area (TPSA) is 55.9 Å². The first-order valence-corrected chi connectivity index (χ1v) is 9.09. The number of carbonyl (C=O) groups is 2. The molecule has 2 aliphatic heterocycles. The third kappa shape index (κ3) is 4.51. The van der Waals surface area contributed by atoms with E-state index in [1.807, 2.05) is 19.9 Å². The molecule has 0 aliphatic carbocycles. The van der Waals surface area contributed by atoms with Crippen molar-refractivity contribution in [1.29, 1.82) is 0 Å². The number of anilines is 1. The number of nitrogens with one attached hydrogen (secondary N) is 1. The summed E-state index contributed by atoms with van der Waals surface area (Å²) in [6.07, 6.45) is 1.19. The number of piperazine rings is 1. The maximum absolute atomic E-state index is 12.1. The van der Waals surface area contributed by atoms with Crippen molar-refractivity contribution in [1.82, 2.24) is 15.1 Å². The molecule has 0 saturated carbocycles. The van der Waals surface area contributed by atoms with Gasteiger partial charge in [0.05, 0.1) is 0 Å². The molecule has 6 heteroatoms. The van der Waals surface area contributed by atoms with Crippen LogP contribution in [0.4, 0.5) is 10.5 Å². The Hall–Kier alpha value is -2.08. The predicted octanol–water partition coefficient (Wildman–Crippen LogP) is 1.92. The third-order valence-corrected chi connectivity index (χ3v) is 4.93. The highest BCUT2D eigenvalue weighted by Gasteiger charge is 2.36. The Balaban J connectivity index is 1.40. The van der Waals surface area contributed by atoms with Gasteiger partial charge in [0.2, 0.25) is 5.91 Å². The number of para-hydroxylation sites is 1. The van der Waals surface area contributed by atoms with Crippen molar-refractivity contribution in [2.75, 3.05) is 44.2 Å². The van der Waals surface area contributed by atoms with Crippen LogP contribution in [0.3, 0.4) is 0 Å². The molecule has 0 atom stereocenters. The maximum atomic E-state index is 12.1. The first-order chi connectivity index (χ1) is 11.9. The van der Waals surface area contributed by atoms with E-state index in [9.17, 15) is 9.59 Å². The molecule has 25 heavy (non-hydrogen) atoms. The number of hydrogen-bond acceptors (Lipinski definition) is 4. The summed E-state index contributed by atoms with van der Waals surface area (Å²) in [7, 11) is 0. The van der Waals surface area contributed by atoms with Crippen LogP contribution in [0.2, 0.25) is 0 Å². The molecule has 0 radical (unpaired) electrons. The average Bonchev–Trinajstić information content (AvgIpc) is 2.58. The molecule has 0 unspecified atom stereocenters. The number of benzene rings is 1. The van der Waals surface area contributed by atoms with E-state index in [0.717, 1.165) is 39.1 Å². The standard InChI is InChI=1S/C19H28N4O2/c1-19(2)15-17(24)23(18(25)20-19)10-6-9-21-11-13-22(14-12-21)16-7-4-3-5-8-16/h3-5,7-8H,6,9-15H2,1-2H3,(H,20,25). The quantitative estimate of drug-likeness (QED) is 0.887. The van der Waals surface area contributed by atoms with Gasteiger partial charge in [-0.3, -0.25) is 14.6 Å². The summed E-state index contributed by atoms with van der Waals surface area (Å²) < 4.78 is 0. The molecule has 1 aromatic rings. The zero-order valence-corrected chi connectivity index (χ0v) is 15.2. The van der Waals surface area contributed by atoms with Crippen LogP contribution in [-0.2, 0) is 4.79 Å². The van der Waals surface area contributed by atoms with E-state index in [-0.39, 0.29) is 11.9 Å². The molecule has 136 valence electrons.